The fourth-order valence-corrected chi connectivity index (χ4v) is 3.21. The maximum atomic E-state index is 12.0. The van der Waals surface area contributed by atoms with Gasteiger partial charge in [-0.25, -0.2) is 9.78 Å². The molecule has 3 aromatic rings. The van der Waals surface area contributed by atoms with Gasteiger partial charge in [0.25, 0.3) is 0 Å². The van der Waals surface area contributed by atoms with Crippen LogP contribution in [0.4, 0.5) is 4.79 Å². The van der Waals surface area contributed by atoms with Crippen molar-refractivity contribution < 1.29 is 8.98 Å². The average Bonchev–Trinajstić information content (AvgIpc) is 3.15. The number of nitrogens with one attached hydrogen (secondary N) is 1. The molecule has 0 fully saturated rings. The first kappa shape index (κ1) is 19.3. The monoisotopic (exact) mass is 401 g/mol. The standard InChI is InChI=1S/C20H20ClN3O2S/c1-3-24(20(25)26-27)13(2)19-22-17(14-7-5-4-6-8-14)18(23-19)15-9-11-16(21)12-10-15/h4-13,27H,3H2,1-2H3,(H,22,23). The summed E-state index contributed by atoms with van der Waals surface area (Å²) in [5, 5.41) is 0.668. The van der Waals surface area contributed by atoms with Gasteiger partial charge >= 0.3 is 6.09 Å². The van der Waals surface area contributed by atoms with Crippen molar-refractivity contribution in [2.24, 2.45) is 0 Å². The van der Waals surface area contributed by atoms with Gasteiger partial charge in [-0.2, -0.15) is 0 Å². The second kappa shape index (κ2) is 8.50. The van der Waals surface area contributed by atoms with Crippen LogP contribution in [0.25, 0.3) is 22.5 Å². The molecule has 1 aromatic heterocycles. The van der Waals surface area contributed by atoms with Crippen molar-refractivity contribution in [1.82, 2.24) is 14.9 Å². The van der Waals surface area contributed by atoms with E-state index in [9.17, 15) is 4.79 Å². The molecule has 1 atom stereocenters. The van der Waals surface area contributed by atoms with Crippen molar-refractivity contribution in [3.63, 3.8) is 0 Å². The Balaban J connectivity index is 2.09. The normalized spacial score (nSPS) is 11.9. The van der Waals surface area contributed by atoms with Gasteiger partial charge in [-0.3, -0.25) is 4.90 Å². The SMILES string of the molecule is CCN(C(=O)OS)C(C)c1nc(-c2ccccc2)c(-c2ccc(Cl)cc2)[nH]1. The van der Waals surface area contributed by atoms with Gasteiger partial charge in [0.05, 0.1) is 17.4 Å². The molecule has 0 spiro atoms. The number of benzene rings is 2. The molecule has 0 saturated carbocycles. The Kier molecular flexibility index (Phi) is 6.08. The van der Waals surface area contributed by atoms with E-state index < -0.39 is 6.09 Å². The van der Waals surface area contributed by atoms with Gasteiger partial charge in [-0.1, -0.05) is 54.1 Å². The lowest BCUT2D eigenvalue weighted by atomic mass is 10.1. The quantitative estimate of drug-likeness (QED) is 0.422. The van der Waals surface area contributed by atoms with Crippen LogP contribution in [0, 0.1) is 0 Å². The number of H-pyrrole nitrogens is 1. The molecule has 7 heteroatoms. The van der Waals surface area contributed by atoms with E-state index in [0.29, 0.717) is 17.4 Å². The number of aromatic nitrogens is 2. The number of imidazole rings is 1. The highest BCUT2D eigenvalue weighted by Crippen LogP contribution is 2.33. The van der Waals surface area contributed by atoms with E-state index >= 15 is 0 Å². The molecular weight excluding hydrogens is 382 g/mol. The summed E-state index contributed by atoms with van der Waals surface area (Å²) >= 11 is 9.66. The maximum absolute atomic E-state index is 12.0. The lowest BCUT2D eigenvalue weighted by Gasteiger charge is -2.24. The first-order chi connectivity index (χ1) is 13.0. The first-order valence-corrected chi connectivity index (χ1v) is 9.32. The molecule has 3 rings (SSSR count). The summed E-state index contributed by atoms with van der Waals surface area (Å²) in [6.07, 6.45) is -0.515. The summed E-state index contributed by atoms with van der Waals surface area (Å²) in [6.45, 7) is 4.24. The third-order valence-corrected chi connectivity index (χ3v) is 4.83. The van der Waals surface area contributed by atoms with E-state index in [4.69, 9.17) is 16.6 Å². The molecule has 5 nitrogen and oxygen atoms in total. The minimum atomic E-state index is -0.515. The second-order valence-electron chi connectivity index (χ2n) is 6.04. The van der Waals surface area contributed by atoms with E-state index in [1.807, 2.05) is 68.4 Å². The van der Waals surface area contributed by atoms with Crippen LogP contribution in [0.2, 0.25) is 5.02 Å². The number of nitrogens with zero attached hydrogens (tertiary/aromatic N) is 2. The van der Waals surface area contributed by atoms with Crippen molar-refractivity contribution in [1.29, 1.82) is 0 Å². The fourth-order valence-electron chi connectivity index (χ4n) is 2.98. The predicted molar refractivity (Wildman–Crippen MR) is 111 cm³/mol. The Morgan fingerprint density at radius 2 is 1.85 bits per heavy atom. The fraction of sp³-hybridized carbons (Fsp3) is 0.200. The van der Waals surface area contributed by atoms with Crippen LogP contribution in [-0.4, -0.2) is 27.5 Å². The topological polar surface area (TPSA) is 58.2 Å². The Morgan fingerprint density at radius 1 is 1.19 bits per heavy atom. The van der Waals surface area contributed by atoms with Gasteiger partial charge in [0, 0.05) is 35.6 Å². The van der Waals surface area contributed by atoms with Crippen LogP contribution in [-0.2, 0) is 4.18 Å². The van der Waals surface area contributed by atoms with Crippen molar-refractivity contribution in [2.45, 2.75) is 19.9 Å². The second-order valence-corrected chi connectivity index (χ2v) is 6.66. The third-order valence-electron chi connectivity index (χ3n) is 4.42. The molecule has 0 aliphatic heterocycles. The van der Waals surface area contributed by atoms with Crippen LogP contribution < -0.4 is 0 Å². The van der Waals surface area contributed by atoms with Crippen LogP contribution >= 0.6 is 24.5 Å². The first-order valence-electron chi connectivity index (χ1n) is 8.58. The van der Waals surface area contributed by atoms with Crippen molar-refractivity contribution in [3.8, 4) is 22.5 Å². The zero-order valence-corrected chi connectivity index (χ0v) is 16.7. The number of hydrogen-bond acceptors (Lipinski definition) is 4. The minimum absolute atomic E-state index is 0.307. The molecule has 140 valence electrons. The van der Waals surface area contributed by atoms with E-state index in [0.717, 1.165) is 22.5 Å². The highest BCUT2D eigenvalue weighted by molar-refractivity contribution is 7.75. The van der Waals surface area contributed by atoms with Gasteiger partial charge < -0.3 is 9.17 Å². The molecule has 2 aromatic carbocycles. The largest absolute Gasteiger partial charge is 0.422 e. The summed E-state index contributed by atoms with van der Waals surface area (Å²) in [6, 6.07) is 17.2. The zero-order valence-electron chi connectivity index (χ0n) is 15.0. The lowest BCUT2D eigenvalue weighted by molar-refractivity contribution is 0.144. The summed E-state index contributed by atoms with van der Waals surface area (Å²) in [5.41, 5.74) is 3.63. The highest BCUT2D eigenvalue weighted by Gasteiger charge is 2.25. The van der Waals surface area contributed by atoms with Crippen LogP contribution in [0.1, 0.15) is 25.7 Å². The third kappa shape index (κ3) is 4.12. The van der Waals surface area contributed by atoms with Gasteiger partial charge in [-0.15, -0.1) is 0 Å². The van der Waals surface area contributed by atoms with E-state index in [2.05, 4.69) is 22.1 Å². The van der Waals surface area contributed by atoms with Gasteiger partial charge in [0.15, 0.2) is 0 Å². The number of thiol groups is 1. The summed E-state index contributed by atoms with van der Waals surface area (Å²) < 4.78 is 4.59. The Morgan fingerprint density at radius 3 is 2.44 bits per heavy atom. The van der Waals surface area contributed by atoms with Crippen LogP contribution in [0.5, 0.6) is 0 Å². The molecular formula is C20H20ClN3O2S. The highest BCUT2D eigenvalue weighted by atomic mass is 35.5. The lowest BCUT2D eigenvalue weighted by Crippen LogP contribution is -2.33. The van der Waals surface area contributed by atoms with E-state index in [-0.39, 0.29) is 6.04 Å². The number of aromatic amines is 1. The Bertz CT molecular complexity index is 913. The molecule has 0 radical (unpaired) electrons. The van der Waals surface area contributed by atoms with Gasteiger partial charge in [0.1, 0.15) is 5.82 Å². The summed E-state index contributed by atoms with van der Waals surface area (Å²) in [5.74, 6) is 0.666. The van der Waals surface area contributed by atoms with Crippen molar-refractivity contribution >= 4 is 30.6 Å². The molecule has 1 heterocycles. The molecule has 1 unspecified atom stereocenters. The number of carbonyl (C=O) groups excluding carboxylic acids is 1. The molecule has 0 saturated heterocycles. The molecule has 0 aliphatic carbocycles. The molecule has 0 bridgehead atoms. The number of rotatable bonds is 5. The predicted octanol–water partition coefficient (Wildman–Crippen LogP) is 5.76. The van der Waals surface area contributed by atoms with Crippen molar-refractivity contribution in [3.05, 3.63) is 65.4 Å². The molecule has 1 N–H and O–H groups in total. The molecule has 1 amide bonds. The van der Waals surface area contributed by atoms with Crippen LogP contribution in [0.15, 0.2) is 54.6 Å². The van der Waals surface area contributed by atoms with Gasteiger partial charge in [-0.05, 0) is 26.0 Å². The maximum Gasteiger partial charge on any atom is 0.422 e. The van der Waals surface area contributed by atoms with Crippen LogP contribution in [0.3, 0.4) is 0 Å². The number of halogens is 1. The van der Waals surface area contributed by atoms with Gasteiger partial charge in [0.2, 0.25) is 0 Å². The molecule has 0 aliphatic rings. The Labute approximate surface area is 169 Å². The zero-order chi connectivity index (χ0) is 19.4. The number of amides is 1. The van der Waals surface area contributed by atoms with E-state index in [1.54, 1.807) is 4.90 Å². The number of hydrogen-bond donors (Lipinski definition) is 2. The summed E-state index contributed by atoms with van der Waals surface area (Å²) in [4.78, 5) is 21.7. The van der Waals surface area contributed by atoms with E-state index in [1.165, 1.54) is 0 Å². The van der Waals surface area contributed by atoms with Crippen molar-refractivity contribution in [2.75, 3.05) is 6.54 Å². The summed E-state index contributed by atoms with van der Waals surface area (Å²) in [7, 11) is 0. The average molecular weight is 402 g/mol. The molecule has 27 heavy (non-hydrogen) atoms. The number of carbonyl (C=O) groups is 1. The smallest absolute Gasteiger partial charge is 0.378 e. The minimum Gasteiger partial charge on any atom is -0.378 e. The Hall–Kier alpha value is -2.44.